The normalized spacial score (nSPS) is 29.9. The summed E-state index contributed by atoms with van der Waals surface area (Å²) in [5, 5.41) is 3.61. The minimum atomic E-state index is 0.287. The van der Waals surface area contributed by atoms with Crippen LogP contribution in [0, 0.1) is 0 Å². The van der Waals surface area contributed by atoms with Gasteiger partial charge in [0.1, 0.15) is 5.75 Å². The lowest BCUT2D eigenvalue weighted by atomic mass is 9.79. The molecule has 2 unspecified atom stereocenters. The van der Waals surface area contributed by atoms with Crippen LogP contribution < -0.4 is 10.1 Å². The minimum absolute atomic E-state index is 0.287. The number of nitrogens with one attached hydrogen (secondary N) is 1. The molecule has 1 fully saturated rings. The monoisotopic (exact) mass is 259 g/mol. The van der Waals surface area contributed by atoms with Gasteiger partial charge in [0, 0.05) is 11.6 Å². The number of hydrogen-bond acceptors (Lipinski definition) is 2. The van der Waals surface area contributed by atoms with Crippen LogP contribution in [0.1, 0.15) is 50.7 Å². The lowest BCUT2D eigenvalue weighted by molar-refractivity contribution is 0.277. The van der Waals surface area contributed by atoms with Gasteiger partial charge in [-0.3, -0.25) is 0 Å². The van der Waals surface area contributed by atoms with E-state index in [9.17, 15) is 0 Å². The zero-order valence-electron chi connectivity index (χ0n) is 12.2. The summed E-state index contributed by atoms with van der Waals surface area (Å²) in [5.74, 6) is 1.20. The molecule has 0 saturated heterocycles. The summed E-state index contributed by atoms with van der Waals surface area (Å²) < 4.78 is 6.01. The van der Waals surface area contributed by atoms with Crippen molar-refractivity contribution in [2.45, 2.75) is 57.4 Å². The molecule has 1 aliphatic heterocycles. The van der Waals surface area contributed by atoms with E-state index < -0.39 is 0 Å². The van der Waals surface area contributed by atoms with Crippen molar-refractivity contribution in [3.8, 4) is 5.75 Å². The highest BCUT2D eigenvalue weighted by Gasteiger charge is 2.38. The molecule has 0 bridgehead atoms. The molecule has 1 aliphatic carbocycles. The molecule has 104 valence electrons. The van der Waals surface area contributed by atoms with E-state index in [4.69, 9.17) is 4.74 Å². The first kappa shape index (κ1) is 13.0. The molecular weight excluding hydrogens is 234 g/mol. The largest absolute Gasteiger partial charge is 0.493 e. The Bertz CT molecular complexity index is 457. The first-order chi connectivity index (χ1) is 9.23. The fraction of sp³-hybridized carbons (Fsp3) is 0.647. The molecule has 0 aromatic heterocycles. The zero-order valence-corrected chi connectivity index (χ0v) is 12.2. The highest BCUT2D eigenvalue weighted by molar-refractivity contribution is 5.47. The predicted octanol–water partition coefficient (Wildman–Crippen LogP) is 3.43. The Kier molecular flexibility index (Phi) is 3.53. The maximum atomic E-state index is 6.01. The van der Waals surface area contributed by atoms with Crippen LogP contribution in [0.2, 0.25) is 0 Å². The fourth-order valence-electron chi connectivity index (χ4n) is 3.81. The molecule has 3 rings (SSSR count). The third-order valence-electron chi connectivity index (χ3n) is 4.82. The Morgan fingerprint density at radius 1 is 1.42 bits per heavy atom. The van der Waals surface area contributed by atoms with Crippen LogP contribution in [0.4, 0.5) is 0 Å². The van der Waals surface area contributed by atoms with Gasteiger partial charge in [0.2, 0.25) is 0 Å². The SMILES string of the molecule is CCNC1CCC(C)(c2cccc3c2OCCC3)C1. The van der Waals surface area contributed by atoms with Gasteiger partial charge in [-0.15, -0.1) is 0 Å². The molecule has 1 aromatic rings. The topological polar surface area (TPSA) is 21.3 Å². The van der Waals surface area contributed by atoms with Crippen LogP contribution in [-0.2, 0) is 11.8 Å². The highest BCUT2D eigenvalue weighted by Crippen LogP contribution is 2.46. The van der Waals surface area contributed by atoms with Gasteiger partial charge in [0.25, 0.3) is 0 Å². The van der Waals surface area contributed by atoms with Crippen molar-refractivity contribution >= 4 is 0 Å². The van der Waals surface area contributed by atoms with Crippen molar-refractivity contribution in [2.24, 2.45) is 0 Å². The van der Waals surface area contributed by atoms with Crippen LogP contribution in [0.5, 0.6) is 5.75 Å². The number of rotatable bonds is 3. The van der Waals surface area contributed by atoms with E-state index in [1.807, 2.05) is 0 Å². The van der Waals surface area contributed by atoms with E-state index in [2.05, 4.69) is 37.4 Å². The van der Waals surface area contributed by atoms with Crippen LogP contribution in [0.3, 0.4) is 0 Å². The van der Waals surface area contributed by atoms with Crippen molar-refractivity contribution in [3.63, 3.8) is 0 Å². The summed E-state index contributed by atoms with van der Waals surface area (Å²) in [4.78, 5) is 0. The smallest absolute Gasteiger partial charge is 0.126 e. The second kappa shape index (κ2) is 5.16. The summed E-state index contributed by atoms with van der Waals surface area (Å²) in [6.45, 7) is 6.57. The third kappa shape index (κ3) is 2.38. The highest BCUT2D eigenvalue weighted by atomic mass is 16.5. The van der Waals surface area contributed by atoms with E-state index >= 15 is 0 Å². The zero-order chi connectivity index (χ0) is 13.3. The van der Waals surface area contributed by atoms with E-state index in [1.54, 1.807) is 0 Å². The number of para-hydroxylation sites is 1. The van der Waals surface area contributed by atoms with Crippen molar-refractivity contribution in [1.82, 2.24) is 5.32 Å². The van der Waals surface area contributed by atoms with E-state index in [1.165, 1.54) is 42.6 Å². The maximum absolute atomic E-state index is 6.01. The molecule has 2 aliphatic rings. The van der Waals surface area contributed by atoms with Crippen molar-refractivity contribution in [2.75, 3.05) is 13.2 Å². The van der Waals surface area contributed by atoms with E-state index in [0.717, 1.165) is 19.6 Å². The Morgan fingerprint density at radius 3 is 3.16 bits per heavy atom. The van der Waals surface area contributed by atoms with Gasteiger partial charge >= 0.3 is 0 Å². The average molecular weight is 259 g/mol. The molecule has 1 aromatic carbocycles. The van der Waals surface area contributed by atoms with Crippen molar-refractivity contribution in [1.29, 1.82) is 0 Å². The number of benzene rings is 1. The van der Waals surface area contributed by atoms with Crippen LogP contribution in [0.15, 0.2) is 18.2 Å². The molecule has 0 amide bonds. The van der Waals surface area contributed by atoms with Gasteiger partial charge < -0.3 is 10.1 Å². The van der Waals surface area contributed by atoms with E-state index in [-0.39, 0.29) is 5.41 Å². The predicted molar refractivity (Wildman–Crippen MR) is 78.9 cm³/mol. The standard InChI is InChI=1S/C17H25NO/c1-3-18-14-9-10-17(2,12-14)15-8-4-6-13-7-5-11-19-16(13)15/h4,6,8,14,18H,3,5,7,9-12H2,1-2H3. The number of hydrogen-bond donors (Lipinski definition) is 1. The number of fused-ring (bicyclic) bond motifs is 1. The average Bonchev–Trinajstić information content (AvgIpc) is 2.81. The summed E-state index contributed by atoms with van der Waals surface area (Å²) in [6, 6.07) is 7.42. The van der Waals surface area contributed by atoms with Gasteiger partial charge in [0.15, 0.2) is 0 Å². The maximum Gasteiger partial charge on any atom is 0.126 e. The lowest BCUT2D eigenvalue weighted by Crippen LogP contribution is -2.29. The first-order valence-corrected chi connectivity index (χ1v) is 7.71. The molecule has 0 spiro atoms. The van der Waals surface area contributed by atoms with Crippen LogP contribution in [-0.4, -0.2) is 19.2 Å². The minimum Gasteiger partial charge on any atom is -0.493 e. The Hall–Kier alpha value is -1.02. The lowest BCUT2D eigenvalue weighted by Gasteiger charge is -2.30. The second-order valence-electron chi connectivity index (χ2n) is 6.30. The van der Waals surface area contributed by atoms with Gasteiger partial charge in [-0.1, -0.05) is 32.0 Å². The summed E-state index contributed by atoms with van der Waals surface area (Å²) in [7, 11) is 0. The van der Waals surface area contributed by atoms with Crippen LogP contribution in [0.25, 0.3) is 0 Å². The van der Waals surface area contributed by atoms with Gasteiger partial charge in [-0.05, 0) is 49.6 Å². The van der Waals surface area contributed by atoms with Gasteiger partial charge in [0.05, 0.1) is 6.61 Å². The summed E-state index contributed by atoms with van der Waals surface area (Å²) >= 11 is 0. The molecule has 2 nitrogen and oxygen atoms in total. The van der Waals surface area contributed by atoms with Crippen molar-refractivity contribution < 1.29 is 4.74 Å². The van der Waals surface area contributed by atoms with Crippen molar-refractivity contribution in [3.05, 3.63) is 29.3 Å². The number of ether oxygens (including phenoxy) is 1. The van der Waals surface area contributed by atoms with Gasteiger partial charge in [-0.2, -0.15) is 0 Å². The Labute approximate surface area is 116 Å². The molecule has 1 heterocycles. The van der Waals surface area contributed by atoms with Crippen LogP contribution >= 0.6 is 0 Å². The molecular formula is C17H25NO. The Morgan fingerprint density at radius 2 is 2.32 bits per heavy atom. The molecule has 1 saturated carbocycles. The fourth-order valence-corrected chi connectivity index (χ4v) is 3.81. The van der Waals surface area contributed by atoms with E-state index in [0.29, 0.717) is 6.04 Å². The molecule has 0 radical (unpaired) electrons. The molecule has 1 N–H and O–H groups in total. The summed E-state index contributed by atoms with van der Waals surface area (Å²) in [6.07, 6.45) is 6.13. The third-order valence-corrected chi connectivity index (χ3v) is 4.82. The van der Waals surface area contributed by atoms with Gasteiger partial charge in [-0.25, -0.2) is 0 Å². The number of aryl methyl sites for hydroxylation is 1. The first-order valence-electron chi connectivity index (χ1n) is 7.71. The summed E-state index contributed by atoms with van der Waals surface area (Å²) in [5.41, 5.74) is 3.15. The Balaban J connectivity index is 1.90. The quantitative estimate of drug-likeness (QED) is 0.898. The molecule has 2 atom stereocenters. The molecule has 2 heteroatoms. The molecule has 19 heavy (non-hydrogen) atoms. The second-order valence-corrected chi connectivity index (χ2v) is 6.30.